The maximum atomic E-state index is 13.0. The normalized spacial score (nSPS) is 10.2. The lowest BCUT2D eigenvalue weighted by Gasteiger charge is -2.15. The minimum atomic E-state index is -0.264. The fraction of sp³-hybridized carbons (Fsp3) is 0.190. The predicted molar refractivity (Wildman–Crippen MR) is 113 cm³/mol. The maximum absolute atomic E-state index is 13.0. The van der Waals surface area contributed by atoms with Crippen molar-refractivity contribution in [3.8, 4) is 11.5 Å². The van der Waals surface area contributed by atoms with Gasteiger partial charge < -0.3 is 14.8 Å². The van der Waals surface area contributed by atoms with Crippen molar-refractivity contribution in [2.75, 3.05) is 7.11 Å². The fourth-order valence-corrected chi connectivity index (χ4v) is 3.19. The average Bonchev–Trinajstić information content (AvgIpc) is 2.69. The van der Waals surface area contributed by atoms with E-state index in [-0.39, 0.29) is 18.2 Å². The highest BCUT2D eigenvalue weighted by Gasteiger charge is 2.12. The van der Waals surface area contributed by atoms with Crippen LogP contribution >= 0.6 is 28.3 Å². The number of benzene rings is 2. The van der Waals surface area contributed by atoms with Gasteiger partial charge in [-0.25, -0.2) is 4.39 Å². The van der Waals surface area contributed by atoms with E-state index in [4.69, 9.17) is 9.47 Å². The zero-order valence-corrected chi connectivity index (χ0v) is 17.7. The van der Waals surface area contributed by atoms with Crippen molar-refractivity contribution in [2.45, 2.75) is 19.7 Å². The van der Waals surface area contributed by atoms with Crippen LogP contribution in [-0.4, -0.2) is 12.1 Å². The number of methoxy groups -OCH3 is 1. The summed E-state index contributed by atoms with van der Waals surface area (Å²) >= 11 is 3.56. The minimum Gasteiger partial charge on any atom is -0.493 e. The van der Waals surface area contributed by atoms with Gasteiger partial charge in [0.05, 0.1) is 17.3 Å². The molecule has 4 nitrogen and oxygen atoms in total. The molecule has 0 amide bonds. The van der Waals surface area contributed by atoms with Crippen molar-refractivity contribution in [1.29, 1.82) is 0 Å². The van der Waals surface area contributed by atoms with Gasteiger partial charge in [0, 0.05) is 19.3 Å². The number of hydrogen-bond donors (Lipinski definition) is 1. The Labute approximate surface area is 178 Å². The molecule has 0 saturated heterocycles. The molecule has 0 spiro atoms. The summed E-state index contributed by atoms with van der Waals surface area (Å²) in [6.07, 6.45) is 1.78. The Morgan fingerprint density at radius 1 is 1.04 bits per heavy atom. The Bertz CT molecular complexity index is 880. The smallest absolute Gasteiger partial charge is 0.175 e. The van der Waals surface area contributed by atoms with Crippen molar-refractivity contribution in [3.63, 3.8) is 0 Å². The van der Waals surface area contributed by atoms with Gasteiger partial charge in [0.1, 0.15) is 12.4 Å². The molecule has 7 heteroatoms. The van der Waals surface area contributed by atoms with Crippen LogP contribution in [-0.2, 0) is 19.7 Å². The second kappa shape index (κ2) is 11.0. The number of nitrogens with one attached hydrogen (secondary N) is 1. The molecule has 0 saturated carbocycles. The van der Waals surface area contributed by atoms with Gasteiger partial charge in [0.25, 0.3) is 0 Å². The van der Waals surface area contributed by atoms with Crippen molar-refractivity contribution in [2.24, 2.45) is 0 Å². The molecule has 0 atom stereocenters. The van der Waals surface area contributed by atoms with E-state index >= 15 is 0 Å². The van der Waals surface area contributed by atoms with Gasteiger partial charge in [-0.15, -0.1) is 12.4 Å². The monoisotopic (exact) mass is 466 g/mol. The number of ether oxygens (including phenoxy) is 2. The third-order valence-electron chi connectivity index (χ3n) is 3.95. The molecular weight excluding hydrogens is 447 g/mol. The highest BCUT2D eigenvalue weighted by atomic mass is 79.9. The van der Waals surface area contributed by atoms with Crippen molar-refractivity contribution < 1.29 is 13.9 Å². The number of nitrogens with zero attached hydrogens (tertiary/aromatic N) is 1. The van der Waals surface area contributed by atoms with Gasteiger partial charge in [-0.2, -0.15) is 0 Å². The summed E-state index contributed by atoms with van der Waals surface area (Å²) in [7, 11) is 1.61. The molecular formula is C21H21BrClFN2O2. The van der Waals surface area contributed by atoms with Crippen LogP contribution in [0.2, 0.25) is 0 Å². The van der Waals surface area contributed by atoms with Crippen LogP contribution in [0.3, 0.4) is 0 Å². The molecule has 2 aromatic carbocycles. The van der Waals surface area contributed by atoms with Gasteiger partial charge >= 0.3 is 0 Å². The molecule has 3 rings (SSSR count). The Morgan fingerprint density at radius 3 is 2.50 bits per heavy atom. The summed E-state index contributed by atoms with van der Waals surface area (Å²) in [5.74, 6) is 0.997. The first-order valence-corrected chi connectivity index (χ1v) is 9.29. The van der Waals surface area contributed by atoms with Crippen molar-refractivity contribution in [1.82, 2.24) is 10.3 Å². The first-order chi connectivity index (χ1) is 13.2. The molecule has 148 valence electrons. The van der Waals surface area contributed by atoms with Gasteiger partial charge in [-0.3, -0.25) is 4.98 Å². The minimum absolute atomic E-state index is 0. The number of aromatic nitrogens is 1. The van der Waals surface area contributed by atoms with E-state index in [2.05, 4.69) is 26.2 Å². The molecule has 0 aliphatic heterocycles. The molecule has 28 heavy (non-hydrogen) atoms. The molecule has 0 radical (unpaired) electrons. The lowest BCUT2D eigenvalue weighted by molar-refractivity contribution is 0.282. The molecule has 0 unspecified atom stereocenters. The summed E-state index contributed by atoms with van der Waals surface area (Å²) in [5.41, 5.74) is 2.93. The number of hydrogen-bond acceptors (Lipinski definition) is 4. The number of halogens is 3. The molecule has 0 aliphatic rings. The van der Waals surface area contributed by atoms with Crippen LogP contribution < -0.4 is 14.8 Å². The second-order valence-corrected chi connectivity index (χ2v) is 6.80. The van der Waals surface area contributed by atoms with E-state index in [0.29, 0.717) is 31.2 Å². The Balaban J connectivity index is 0.00000280. The molecule has 1 N–H and O–H groups in total. The van der Waals surface area contributed by atoms with E-state index in [9.17, 15) is 4.39 Å². The Kier molecular flexibility index (Phi) is 8.70. The third-order valence-corrected chi connectivity index (χ3v) is 4.54. The number of rotatable bonds is 8. The highest BCUT2D eigenvalue weighted by Crippen LogP contribution is 2.37. The van der Waals surface area contributed by atoms with Crippen LogP contribution in [0.4, 0.5) is 4.39 Å². The summed E-state index contributed by atoms with van der Waals surface area (Å²) in [6, 6.07) is 16.0. The van der Waals surface area contributed by atoms with Crippen LogP contribution in [0.1, 0.15) is 16.8 Å². The van der Waals surface area contributed by atoms with Crippen LogP contribution in [0, 0.1) is 5.82 Å². The zero-order valence-electron chi connectivity index (χ0n) is 15.3. The maximum Gasteiger partial charge on any atom is 0.175 e. The summed E-state index contributed by atoms with van der Waals surface area (Å²) in [5, 5.41) is 3.36. The van der Waals surface area contributed by atoms with E-state index in [1.54, 1.807) is 25.4 Å². The largest absolute Gasteiger partial charge is 0.493 e. The Morgan fingerprint density at radius 2 is 1.82 bits per heavy atom. The van der Waals surface area contributed by atoms with E-state index in [0.717, 1.165) is 21.3 Å². The number of pyridine rings is 1. The highest BCUT2D eigenvalue weighted by molar-refractivity contribution is 9.10. The lowest BCUT2D eigenvalue weighted by atomic mass is 10.2. The van der Waals surface area contributed by atoms with Gasteiger partial charge in [0.2, 0.25) is 0 Å². The van der Waals surface area contributed by atoms with Crippen LogP contribution in [0.5, 0.6) is 11.5 Å². The molecule has 0 aliphatic carbocycles. The average molecular weight is 468 g/mol. The first-order valence-electron chi connectivity index (χ1n) is 8.50. The SMILES string of the molecule is COc1cc(CNCc2ccccn2)cc(Br)c1OCc1ccc(F)cc1.Cl. The van der Waals surface area contributed by atoms with Gasteiger partial charge in [-0.05, 0) is 63.5 Å². The van der Waals surface area contributed by atoms with Crippen molar-refractivity contribution in [3.05, 3.63) is 87.9 Å². The molecule has 1 heterocycles. The summed E-state index contributed by atoms with van der Waals surface area (Å²) < 4.78 is 25.2. The topological polar surface area (TPSA) is 43.4 Å². The van der Waals surface area contributed by atoms with Gasteiger partial charge in [0.15, 0.2) is 11.5 Å². The van der Waals surface area contributed by atoms with E-state index in [1.807, 2.05) is 30.3 Å². The molecule has 0 bridgehead atoms. The Hall–Kier alpha value is -2.15. The fourth-order valence-electron chi connectivity index (χ4n) is 2.59. The van der Waals surface area contributed by atoms with Gasteiger partial charge in [-0.1, -0.05) is 18.2 Å². The standard InChI is InChI=1S/C21H20BrFN2O2.ClH/c1-26-20-11-16(12-24-13-18-4-2-3-9-25-18)10-19(22)21(20)27-14-15-5-7-17(23)8-6-15;/h2-11,24H,12-14H2,1H3;1H. The lowest BCUT2D eigenvalue weighted by Crippen LogP contribution is -2.13. The molecule has 3 aromatic rings. The van der Waals surface area contributed by atoms with E-state index < -0.39 is 0 Å². The second-order valence-electron chi connectivity index (χ2n) is 5.95. The van der Waals surface area contributed by atoms with Crippen molar-refractivity contribution >= 4 is 28.3 Å². The van der Waals surface area contributed by atoms with Crippen LogP contribution in [0.15, 0.2) is 65.3 Å². The third kappa shape index (κ3) is 6.19. The quantitative estimate of drug-likeness (QED) is 0.489. The van der Waals surface area contributed by atoms with E-state index in [1.165, 1.54) is 12.1 Å². The first kappa shape index (κ1) is 22.1. The van der Waals surface area contributed by atoms with Crippen LogP contribution in [0.25, 0.3) is 0 Å². The zero-order chi connectivity index (χ0) is 19.1. The predicted octanol–water partition coefficient (Wildman–Crippen LogP) is 5.28. The molecule has 1 aromatic heterocycles. The summed E-state index contributed by atoms with van der Waals surface area (Å²) in [4.78, 5) is 4.29. The summed E-state index contributed by atoms with van der Waals surface area (Å²) in [6.45, 7) is 1.68. The molecule has 0 fully saturated rings.